The van der Waals surface area contributed by atoms with Crippen molar-refractivity contribution in [3.05, 3.63) is 53.6 Å². The Hall–Kier alpha value is -2.48. The molecule has 1 aliphatic rings. The number of nitrogens with one attached hydrogen (secondary N) is 1. The number of carbonyl (C=O) groups excluding carboxylic acids is 1. The van der Waals surface area contributed by atoms with E-state index < -0.39 is 33.6 Å². The number of ether oxygens (including phenoxy) is 2. The van der Waals surface area contributed by atoms with Gasteiger partial charge in [-0.25, -0.2) is 8.78 Å². The highest BCUT2D eigenvalue weighted by molar-refractivity contribution is 7.85. The van der Waals surface area contributed by atoms with Crippen molar-refractivity contribution in [2.75, 3.05) is 18.5 Å². The molecule has 8 heteroatoms. The number of hydrogen-bond acceptors (Lipinski definition) is 4. The van der Waals surface area contributed by atoms with Crippen LogP contribution < -0.4 is 14.8 Å². The molecule has 0 aliphatic carbocycles. The topological polar surface area (TPSA) is 64.6 Å². The van der Waals surface area contributed by atoms with Gasteiger partial charge in [-0.05, 0) is 36.8 Å². The Kier molecular flexibility index (Phi) is 5.51. The third kappa shape index (κ3) is 4.19. The lowest BCUT2D eigenvalue weighted by Gasteiger charge is -2.19. The highest BCUT2D eigenvalue weighted by Gasteiger charge is 2.21. The normalized spacial score (nSPS) is 15.2. The van der Waals surface area contributed by atoms with E-state index in [-0.39, 0.29) is 5.75 Å². The molecule has 2 aromatic rings. The van der Waals surface area contributed by atoms with Gasteiger partial charge in [0, 0.05) is 28.3 Å². The number of fused-ring (bicyclic) bond motifs is 1. The summed E-state index contributed by atoms with van der Waals surface area (Å²) in [5.74, 6) is -1.33. The van der Waals surface area contributed by atoms with Gasteiger partial charge in [0.25, 0.3) is 0 Å². The van der Waals surface area contributed by atoms with Crippen molar-refractivity contribution in [1.29, 1.82) is 0 Å². The van der Waals surface area contributed by atoms with Crippen LogP contribution in [-0.4, -0.2) is 28.6 Å². The molecule has 138 valence electrons. The predicted molar refractivity (Wildman–Crippen MR) is 93.7 cm³/mol. The number of hydrogen-bond donors (Lipinski definition) is 1. The molecular formula is C18H17F2NO4S. The van der Waals surface area contributed by atoms with Gasteiger partial charge in [-0.2, -0.15) is 0 Å². The molecule has 2 unspecified atom stereocenters. The van der Waals surface area contributed by atoms with Crippen LogP contribution in [0, 0.1) is 11.6 Å². The van der Waals surface area contributed by atoms with Crippen LogP contribution in [0.25, 0.3) is 0 Å². The first kappa shape index (κ1) is 18.3. The van der Waals surface area contributed by atoms with Gasteiger partial charge in [-0.15, -0.1) is 0 Å². The summed E-state index contributed by atoms with van der Waals surface area (Å²) in [6.07, 6.45) is 0. The third-order valence-electron chi connectivity index (χ3n) is 3.87. The Labute approximate surface area is 151 Å². The molecule has 2 aromatic carbocycles. The van der Waals surface area contributed by atoms with E-state index in [4.69, 9.17) is 9.47 Å². The van der Waals surface area contributed by atoms with Crippen molar-refractivity contribution in [2.45, 2.75) is 17.9 Å². The van der Waals surface area contributed by atoms with Gasteiger partial charge >= 0.3 is 0 Å². The number of amides is 1. The van der Waals surface area contributed by atoms with E-state index in [1.165, 1.54) is 13.0 Å². The first-order chi connectivity index (χ1) is 12.4. The predicted octanol–water partition coefficient (Wildman–Crippen LogP) is 3.01. The van der Waals surface area contributed by atoms with Crippen LogP contribution in [0.2, 0.25) is 0 Å². The van der Waals surface area contributed by atoms with E-state index in [2.05, 4.69) is 5.32 Å². The van der Waals surface area contributed by atoms with Gasteiger partial charge in [0.2, 0.25) is 5.91 Å². The minimum Gasteiger partial charge on any atom is -0.486 e. The fourth-order valence-electron chi connectivity index (χ4n) is 2.40. The summed E-state index contributed by atoms with van der Waals surface area (Å²) in [4.78, 5) is 12.3. The van der Waals surface area contributed by atoms with E-state index in [0.717, 1.165) is 12.1 Å². The van der Waals surface area contributed by atoms with E-state index in [1.807, 2.05) is 0 Å². The van der Waals surface area contributed by atoms with E-state index >= 15 is 0 Å². The number of benzene rings is 2. The molecule has 1 amide bonds. The van der Waals surface area contributed by atoms with Gasteiger partial charge in [-0.1, -0.05) is 6.07 Å². The summed E-state index contributed by atoms with van der Waals surface area (Å²) in [6.45, 7) is 2.42. The standard InChI is InChI=1S/C18H17F2NO4S/c1-11(26(23)10-12-2-4-14(19)15(20)8-12)18(22)21-13-3-5-16-17(9-13)25-7-6-24-16/h2-5,8-9,11H,6-7,10H2,1H3,(H,21,22). The monoisotopic (exact) mass is 381 g/mol. The maximum atomic E-state index is 13.2. The molecule has 0 fully saturated rings. The molecule has 1 heterocycles. The zero-order valence-electron chi connectivity index (χ0n) is 14.0. The van der Waals surface area contributed by atoms with Crippen molar-refractivity contribution in [2.24, 2.45) is 0 Å². The van der Waals surface area contributed by atoms with Crippen LogP contribution >= 0.6 is 0 Å². The van der Waals surface area contributed by atoms with Crippen LogP contribution in [0.1, 0.15) is 12.5 Å². The first-order valence-corrected chi connectivity index (χ1v) is 9.34. The molecule has 2 atom stereocenters. The third-order valence-corrected chi connectivity index (χ3v) is 5.49. The first-order valence-electron chi connectivity index (χ1n) is 7.95. The summed E-state index contributed by atoms with van der Waals surface area (Å²) in [6, 6.07) is 8.29. The lowest BCUT2D eigenvalue weighted by Crippen LogP contribution is -2.29. The van der Waals surface area contributed by atoms with Crippen molar-refractivity contribution >= 4 is 22.4 Å². The molecule has 1 aliphatic heterocycles. The zero-order chi connectivity index (χ0) is 18.7. The van der Waals surface area contributed by atoms with Gasteiger partial charge < -0.3 is 14.8 Å². The Balaban J connectivity index is 1.63. The number of anilines is 1. The number of carbonyl (C=O) groups is 1. The number of halogens is 2. The molecule has 0 aromatic heterocycles. The smallest absolute Gasteiger partial charge is 0.239 e. The quantitative estimate of drug-likeness (QED) is 0.865. The minimum atomic E-state index is -1.59. The SMILES string of the molecule is CC(C(=O)Nc1ccc2c(c1)OCCO2)S(=O)Cc1ccc(F)c(F)c1. The summed E-state index contributed by atoms with van der Waals surface area (Å²) in [5, 5.41) is 1.84. The molecule has 1 N–H and O–H groups in total. The van der Waals surface area contributed by atoms with Crippen LogP contribution in [0.3, 0.4) is 0 Å². The zero-order valence-corrected chi connectivity index (χ0v) is 14.8. The van der Waals surface area contributed by atoms with Crippen LogP contribution in [0.5, 0.6) is 11.5 Å². The highest BCUT2D eigenvalue weighted by Crippen LogP contribution is 2.32. The lowest BCUT2D eigenvalue weighted by molar-refractivity contribution is -0.115. The van der Waals surface area contributed by atoms with Crippen molar-refractivity contribution in [3.63, 3.8) is 0 Å². The second-order valence-corrected chi connectivity index (χ2v) is 7.52. The van der Waals surface area contributed by atoms with Crippen molar-refractivity contribution in [1.82, 2.24) is 0 Å². The maximum Gasteiger partial charge on any atom is 0.239 e. The average Bonchev–Trinajstić information content (AvgIpc) is 2.64. The van der Waals surface area contributed by atoms with Crippen molar-refractivity contribution in [3.8, 4) is 11.5 Å². The summed E-state index contributed by atoms with van der Waals surface area (Å²) >= 11 is 0. The largest absolute Gasteiger partial charge is 0.486 e. The molecule has 5 nitrogen and oxygen atoms in total. The Morgan fingerprint density at radius 2 is 1.85 bits per heavy atom. The summed E-state index contributed by atoms with van der Waals surface area (Å²) in [7, 11) is -1.59. The van der Waals surface area contributed by atoms with E-state index in [9.17, 15) is 17.8 Å². The second kappa shape index (κ2) is 7.82. The van der Waals surface area contributed by atoms with E-state index in [1.54, 1.807) is 18.2 Å². The fraction of sp³-hybridized carbons (Fsp3) is 0.278. The fourth-order valence-corrected chi connectivity index (χ4v) is 3.46. The summed E-state index contributed by atoms with van der Waals surface area (Å²) in [5.41, 5.74) is 0.858. The average molecular weight is 381 g/mol. The molecule has 26 heavy (non-hydrogen) atoms. The van der Waals surface area contributed by atoms with Gasteiger partial charge in [-0.3, -0.25) is 9.00 Å². The van der Waals surface area contributed by atoms with Gasteiger partial charge in [0.05, 0.1) is 0 Å². The van der Waals surface area contributed by atoms with Crippen LogP contribution in [-0.2, 0) is 21.3 Å². The Morgan fingerprint density at radius 1 is 1.12 bits per heavy atom. The second-order valence-electron chi connectivity index (χ2n) is 5.76. The van der Waals surface area contributed by atoms with Crippen LogP contribution in [0.15, 0.2) is 36.4 Å². The molecular weight excluding hydrogens is 364 g/mol. The van der Waals surface area contributed by atoms with E-state index in [0.29, 0.717) is 36.0 Å². The minimum absolute atomic E-state index is 0.0487. The molecule has 0 bridgehead atoms. The Morgan fingerprint density at radius 3 is 2.58 bits per heavy atom. The Bertz CT molecular complexity index is 859. The molecule has 0 radical (unpaired) electrons. The summed E-state index contributed by atoms with van der Waals surface area (Å²) < 4.78 is 49.4. The highest BCUT2D eigenvalue weighted by atomic mass is 32.2. The lowest BCUT2D eigenvalue weighted by atomic mass is 10.2. The molecule has 0 spiro atoms. The van der Waals surface area contributed by atoms with Crippen LogP contribution in [0.4, 0.5) is 14.5 Å². The number of rotatable bonds is 5. The van der Waals surface area contributed by atoms with Gasteiger partial charge in [0.1, 0.15) is 18.5 Å². The van der Waals surface area contributed by atoms with Gasteiger partial charge in [0.15, 0.2) is 23.1 Å². The van der Waals surface area contributed by atoms with Crippen molar-refractivity contribution < 1.29 is 27.3 Å². The molecule has 0 saturated carbocycles. The molecule has 0 saturated heterocycles. The maximum absolute atomic E-state index is 13.2. The molecule has 3 rings (SSSR count).